The molecule has 0 N–H and O–H groups in total. The molecular formula is C24H24Cl2F3NO4. The van der Waals surface area contributed by atoms with Gasteiger partial charge in [-0.15, -0.1) is 0 Å². The first-order chi connectivity index (χ1) is 16.0. The second kappa shape index (κ2) is 10.4. The fourth-order valence-corrected chi connectivity index (χ4v) is 4.75. The second-order valence-electron chi connectivity index (χ2n) is 7.92. The quantitative estimate of drug-likeness (QED) is 0.393. The van der Waals surface area contributed by atoms with Crippen LogP contribution in [0.3, 0.4) is 0 Å². The Morgan fingerprint density at radius 1 is 1.12 bits per heavy atom. The summed E-state index contributed by atoms with van der Waals surface area (Å²) < 4.78 is 51.1. The van der Waals surface area contributed by atoms with Gasteiger partial charge in [-0.3, -0.25) is 9.69 Å². The molecule has 184 valence electrons. The third-order valence-electron chi connectivity index (χ3n) is 6.00. The molecule has 2 aromatic carbocycles. The maximum Gasteiger partial charge on any atom is 0.416 e. The first-order valence-electron chi connectivity index (χ1n) is 10.7. The normalized spacial score (nSPS) is 18.8. The van der Waals surface area contributed by atoms with Gasteiger partial charge in [0.2, 0.25) is 0 Å². The van der Waals surface area contributed by atoms with Crippen LogP contribution in [0.25, 0.3) is 0 Å². The van der Waals surface area contributed by atoms with Crippen molar-refractivity contribution in [2.75, 3.05) is 18.6 Å². The average Bonchev–Trinajstić information content (AvgIpc) is 2.79. The zero-order valence-corrected chi connectivity index (χ0v) is 20.3. The van der Waals surface area contributed by atoms with E-state index in [9.17, 15) is 22.8 Å². The lowest BCUT2D eigenvalue weighted by Crippen LogP contribution is -2.46. The van der Waals surface area contributed by atoms with Crippen LogP contribution >= 0.6 is 23.2 Å². The van der Waals surface area contributed by atoms with Crippen molar-refractivity contribution in [1.29, 1.82) is 0 Å². The number of fused-ring (bicyclic) bond motifs is 1. The monoisotopic (exact) mass is 517 g/mol. The van der Waals surface area contributed by atoms with Gasteiger partial charge in [-0.2, -0.15) is 13.2 Å². The topological polar surface area (TPSA) is 55.8 Å². The van der Waals surface area contributed by atoms with Gasteiger partial charge < -0.3 is 9.47 Å². The van der Waals surface area contributed by atoms with Crippen LogP contribution in [-0.4, -0.2) is 31.8 Å². The first kappa shape index (κ1) is 26.2. The Morgan fingerprint density at radius 3 is 2.38 bits per heavy atom. The van der Waals surface area contributed by atoms with E-state index in [4.69, 9.17) is 32.7 Å². The molecule has 5 nitrogen and oxygen atoms in total. The molecule has 0 fully saturated rings. The number of halogens is 5. The van der Waals surface area contributed by atoms with Crippen molar-refractivity contribution < 1.29 is 32.2 Å². The molecular weight excluding hydrogens is 494 g/mol. The predicted octanol–water partition coefficient (Wildman–Crippen LogP) is 7.20. The van der Waals surface area contributed by atoms with Gasteiger partial charge >= 0.3 is 18.2 Å². The van der Waals surface area contributed by atoms with E-state index >= 15 is 0 Å². The number of hydrogen-bond acceptors (Lipinski definition) is 4. The molecule has 1 amide bonds. The number of hydrogen-bond donors (Lipinski definition) is 0. The van der Waals surface area contributed by atoms with Crippen LogP contribution < -0.4 is 4.90 Å². The van der Waals surface area contributed by atoms with Gasteiger partial charge in [-0.1, -0.05) is 36.2 Å². The van der Waals surface area contributed by atoms with E-state index < -0.39 is 41.7 Å². The highest BCUT2D eigenvalue weighted by molar-refractivity contribution is 6.42. The molecule has 0 saturated heterocycles. The fraction of sp³-hybridized carbons (Fsp3) is 0.417. The molecule has 0 aromatic heterocycles. The zero-order valence-electron chi connectivity index (χ0n) is 18.8. The van der Waals surface area contributed by atoms with E-state index in [-0.39, 0.29) is 34.3 Å². The van der Waals surface area contributed by atoms with Gasteiger partial charge in [0, 0.05) is 12.0 Å². The van der Waals surface area contributed by atoms with Gasteiger partial charge in [-0.05, 0) is 61.2 Å². The van der Waals surface area contributed by atoms with Gasteiger partial charge in [-0.25, -0.2) is 4.79 Å². The molecule has 0 bridgehead atoms. The summed E-state index contributed by atoms with van der Waals surface area (Å²) in [7, 11) is 1.21. The highest BCUT2D eigenvalue weighted by Crippen LogP contribution is 2.49. The summed E-state index contributed by atoms with van der Waals surface area (Å²) in [6.07, 6.45) is -4.56. The highest BCUT2D eigenvalue weighted by atomic mass is 35.5. The van der Waals surface area contributed by atoms with Crippen molar-refractivity contribution >= 4 is 41.0 Å². The van der Waals surface area contributed by atoms with Crippen molar-refractivity contribution in [2.24, 2.45) is 0 Å². The maximum absolute atomic E-state index is 13.6. The fourth-order valence-electron chi connectivity index (χ4n) is 4.44. The highest BCUT2D eigenvalue weighted by Gasteiger charge is 2.44. The number of methoxy groups -OCH3 is 1. The maximum atomic E-state index is 13.6. The predicted molar refractivity (Wildman–Crippen MR) is 124 cm³/mol. The second-order valence-corrected chi connectivity index (χ2v) is 8.73. The summed E-state index contributed by atoms with van der Waals surface area (Å²) in [6, 6.07) is 7.39. The van der Waals surface area contributed by atoms with Crippen LogP contribution in [0.5, 0.6) is 0 Å². The molecule has 3 atom stereocenters. The molecule has 1 aliphatic heterocycles. The van der Waals surface area contributed by atoms with Crippen LogP contribution in [0.1, 0.15) is 55.2 Å². The van der Waals surface area contributed by atoms with Gasteiger partial charge in [0.05, 0.1) is 40.9 Å². The number of anilines is 1. The number of ether oxygens (including phenoxy) is 2. The Balaban J connectivity index is 2.25. The molecule has 0 aliphatic carbocycles. The molecule has 0 spiro atoms. The molecule has 1 heterocycles. The summed E-state index contributed by atoms with van der Waals surface area (Å²) in [5, 5.41) is 0.477. The third-order valence-corrected chi connectivity index (χ3v) is 6.74. The van der Waals surface area contributed by atoms with E-state index in [2.05, 4.69) is 0 Å². The number of benzene rings is 2. The summed E-state index contributed by atoms with van der Waals surface area (Å²) in [4.78, 5) is 27.1. The van der Waals surface area contributed by atoms with E-state index in [1.165, 1.54) is 30.2 Å². The van der Waals surface area contributed by atoms with Crippen LogP contribution in [-0.2, 0) is 20.4 Å². The number of carbonyl (C=O) groups is 2. The SMILES string of the molecule is CCOC(=O)N1c2ccc(C(F)(F)F)cc2[C@@H]([C@H](C(=O)OC)c2ccc(Cl)c(Cl)c2)C[C@H]1CC. The number of carbonyl (C=O) groups excluding carboxylic acids is 2. The van der Waals surface area contributed by atoms with Crippen molar-refractivity contribution in [3.63, 3.8) is 0 Å². The van der Waals surface area contributed by atoms with Crippen molar-refractivity contribution in [3.05, 3.63) is 63.1 Å². The Kier molecular flexibility index (Phi) is 8.03. The van der Waals surface area contributed by atoms with Crippen LogP contribution in [0.4, 0.5) is 23.7 Å². The lowest BCUT2D eigenvalue weighted by Gasteiger charge is -2.42. The molecule has 0 unspecified atom stereocenters. The Hall–Kier alpha value is -2.45. The lowest BCUT2D eigenvalue weighted by molar-refractivity contribution is -0.143. The van der Waals surface area contributed by atoms with E-state index in [1.807, 2.05) is 6.92 Å². The number of amides is 1. The van der Waals surface area contributed by atoms with E-state index in [0.29, 0.717) is 12.0 Å². The number of esters is 1. The van der Waals surface area contributed by atoms with Crippen molar-refractivity contribution in [3.8, 4) is 0 Å². The minimum atomic E-state index is -4.61. The molecule has 0 saturated carbocycles. The van der Waals surface area contributed by atoms with Gasteiger partial charge in [0.25, 0.3) is 0 Å². The van der Waals surface area contributed by atoms with E-state index in [1.54, 1.807) is 13.0 Å². The Morgan fingerprint density at radius 2 is 1.82 bits per heavy atom. The smallest absolute Gasteiger partial charge is 0.416 e. The van der Waals surface area contributed by atoms with E-state index in [0.717, 1.165) is 12.1 Å². The van der Waals surface area contributed by atoms with Crippen LogP contribution in [0.2, 0.25) is 10.0 Å². The Labute approximate surface area is 205 Å². The van der Waals surface area contributed by atoms with Gasteiger partial charge in [0.15, 0.2) is 0 Å². The first-order valence-corrected chi connectivity index (χ1v) is 11.5. The molecule has 1 aliphatic rings. The van der Waals surface area contributed by atoms with Crippen molar-refractivity contribution in [2.45, 2.75) is 50.7 Å². The minimum Gasteiger partial charge on any atom is -0.469 e. The lowest BCUT2D eigenvalue weighted by atomic mass is 9.74. The minimum absolute atomic E-state index is 0.110. The standard InChI is InChI=1S/C24H24Cl2F3NO4/c1-4-15-12-17(21(22(31)33-3)13-6-8-18(25)19(26)10-13)16-11-14(24(27,28)29)7-9-20(16)30(15)23(32)34-5-2/h6-11,15,17,21H,4-5,12H2,1-3H3/t15-,17+,21-/m1/s1. The molecule has 3 rings (SSSR count). The van der Waals surface area contributed by atoms with Crippen LogP contribution in [0, 0.1) is 0 Å². The number of alkyl halides is 3. The summed E-state index contributed by atoms with van der Waals surface area (Å²) in [5.74, 6) is -2.33. The molecule has 2 aromatic rings. The van der Waals surface area contributed by atoms with Crippen molar-refractivity contribution in [1.82, 2.24) is 0 Å². The third kappa shape index (κ3) is 5.13. The van der Waals surface area contributed by atoms with Crippen LogP contribution in [0.15, 0.2) is 36.4 Å². The summed E-state index contributed by atoms with van der Waals surface area (Å²) in [5.41, 5.74) is 0.0411. The Bertz CT molecular complexity index is 1080. The molecule has 34 heavy (non-hydrogen) atoms. The van der Waals surface area contributed by atoms with Gasteiger partial charge in [0.1, 0.15) is 0 Å². The molecule has 0 radical (unpaired) electrons. The summed E-state index contributed by atoms with van der Waals surface area (Å²) in [6.45, 7) is 3.62. The number of rotatable bonds is 5. The average molecular weight is 518 g/mol. The molecule has 10 heteroatoms. The summed E-state index contributed by atoms with van der Waals surface area (Å²) >= 11 is 12.2. The largest absolute Gasteiger partial charge is 0.469 e. The number of nitrogens with zero attached hydrogens (tertiary/aromatic N) is 1. The zero-order chi connectivity index (χ0) is 25.2.